The fraction of sp³-hybridized carbons (Fsp3) is 0.409. The van der Waals surface area contributed by atoms with Crippen LogP contribution in [0.25, 0.3) is 0 Å². The lowest BCUT2D eigenvalue weighted by Gasteiger charge is -2.39. The van der Waals surface area contributed by atoms with Crippen LogP contribution in [0.5, 0.6) is 0 Å². The maximum absolute atomic E-state index is 13.4. The molecule has 0 spiro atoms. The van der Waals surface area contributed by atoms with Gasteiger partial charge in [-0.15, -0.1) is 0 Å². The van der Waals surface area contributed by atoms with E-state index in [1.54, 1.807) is 36.7 Å². The third kappa shape index (κ3) is 3.39. The Morgan fingerprint density at radius 2 is 1.82 bits per heavy atom. The lowest BCUT2D eigenvalue weighted by molar-refractivity contribution is -0.132. The standard InChI is InChI=1S/C22H24FN3O2/c1-2-21(27)26-14-18(15-3-5-17(23)6-4-15)19-13-25(12-9-20(19)26)22(28)16-7-10-24-11-8-16/h3-8,10-11,18-20H,2,9,12-14H2,1H3/t18-,19-,20-/m1/s1. The van der Waals surface area contributed by atoms with Crippen molar-refractivity contribution in [1.29, 1.82) is 0 Å². The molecule has 0 radical (unpaired) electrons. The molecule has 0 N–H and O–H groups in total. The van der Waals surface area contributed by atoms with Gasteiger partial charge in [-0.2, -0.15) is 0 Å². The predicted octanol–water partition coefficient (Wildman–Crippen LogP) is 3.09. The van der Waals surface area contributed by atoms with E-state index in [4.69, 9.17) is 0 Å². The van der Waals surface area contributed by atoms with Crippen LogP contribution in [-0.4, -0.2) is 52.3 Å². The summed E-state index contributed by atoms with van der Waals surface area (Å²) in [6, 6.07) is 10.1. The summed E-state index contributed by atoms with van der Waals surface area (Å²) in [6.07, 6.45) is 4.49. The Kier molecular flexibility index (Phi) is 5.11. The summed E-state index contributed by atoms with van der Waals surface area (Å²) < 4.78 is 13.4. The minimum Gasteiger partial charge on any atom is -0.339 e. The quantitative estimate of drug-likeness (QED) is 0.821. The van der Waals surface area contributed by atoms with Gasteiger partial charge in [0, 0.05) is 61.9 Å². The summed E-state index contributed by atoms with van der Waals surface area (Å²) in [6.45, 7) is 3.74. The van der Waals surface area contributed by atoms with Gasteiger partial charge in [0.2, 0.25) is 5.91 Å². The number of carbonyl (C=O) groups is 2. The Labute approximate surface area is 164 Å². The maximum Gasteiger partial charge on any atom is 0.253 e. The molecule has 1 aromatic carbocycles. The minimum absolute atomic E-state index is 0.000950. The molecule has 2 amide bonds. The first-order chi connectivity index (χ1) is 13.6. The number of halogens is 1. The number of nitrogens with zero attached hydrogens (tertiary/aromatic N) is 3. The fourth-order valence-corrected chi connectivity index (χ4v) is 4.65. The fourth-order valence-electron chi connectivity index (χ4n) is 4.65. The number of piperidine rings is 1. The molecule has 2 fully saturated rings. The zero-order chi connectivity index (χ0) is 19.7. The van der Waals surface area contributed by atoms with Gasteiger partial charge in [0.15, 0.2) is 0 Å². The largest absolute Gasteiger partial charge is 0.339 e. The highest BCUT2D eigenvalue weighted by Crippen LogP contribution is 2.42. The molecule has 0 aliphatic carbocycles. The number of benzene rings is 1. The molecule has 0 saturated carbocycles. The Hall–Kier alpha value is -2.76. The van der Waals surface area contributed by atoms with Crippen LogP contribution in [0.2, 0.25) is 0 Å². The highest BCUT2D eigenvalue weighted by atomic mass is 19.1. The van der Waals surface area contributed by atoms with E-state index in [1.165, 1.54) is 12.1 Å². The summed E-state index contributed by atoms with van der Waals surface area (Å²) in [7, 11) is 0. The van der Waals surface area contributed by atoms with Gasteiger partial charge in [0.05, 0.1) is 0 Å². The van der Waals surface area contributed by atoms with Crippen molar-refractivity contribution in [2.24, 2.45) is 5.92 Å². The third-order valence-electron chi connectivity index (χ3n) is 6.07. The molecule has 6 heteroatoms. The average molecular weight is 381 g/mol. The van der Waals surface area contributed by atoms with Crippen LogP contribution in [-0.2, 0) is 4.79 Å². The summed E-state index contributed by atoms with van der Waals surface area (Å²) >= 11 is 0. The summed E-state index contributed by atoms with van der Waals surface area (Å²) in [5.74, 6) is 0.139. The van der Waals surface area contributed by atoms with Gasteiger partial charge in [-0.3, -0.25) is 14.6 Å². The molecule has 5 nitrogen and oxygen atoms in total. The van der Waals surface area contributed by atoms with Crippen LogP contribution in [0.15, 0.2) is 48.8 Å². The molecule has 2 saturated heterocycles. The lowest BCUT2D eigenvalue weighted by Crippen LogP contribution is -2.49. The minimum atomic E-state index is -0.266. The molecule has 4 rings (SSSR count). The van der Waals surface area contributed by atoms with E-state index >= 15 is 0 Å². The third-order valence-corrected chi connectivity index (χ3v) is 6.07. The van der Waals surface area contributed by atoms with Gasteiger partial charge in [0.1, 0.15) is 5.82 Å². The van der Waals surface area contributed by atoms with Gasteiger partial charge >= 0.3 is 0 Å². The molecule has 1 aromatic heterocycles. The van der Waals surface area contributed by atoms with Gasteiger partial charge in [-0.1, -0.05) is 19.1 Å². The van der Waals surface area contributed by atoms with Crippen molar-refractivity contribution in [2.75, 3.05) is 19.6 Å². The molecule has 28 heavy (non-hydrogen) atoms. The van der Waals surface area contributed by atoms with Crippen LogP contribution in [0.3, 0.4) is 0 Å². The molecule has 146 valence electrons. The van der Waals surface area contributed by atoms with Crippen LogP contribution < -0.4 is 0 Å². The first kappa shape index (κ1) is 18.6. The number of pyridine rings is 1. The normalized spacial score (nSPS) is 24.1. The first-order valence-electron chi connectivity index (χ1n) is 9.82. The molecule has 0 unspecified atom stereocenters. The Morgan fingerprint density at radius 3 is 2.50 bits per heavy atom. The van der Waals surface area contributed by atoms with Gasteiger partial charge in [0.25, 0.3) is 5.91 Å². The second-order valence-electron chi connectivity index (χ2n) is 7.56. The molecule has 0 bridgehead atoms. The highest BCUT2D eigenvalue weighted by Gasteiger charge is 2.47. The second-order valence-corrected chi connectivity index (χ2v) is 7.56. The van der Waals surface area contributed by atoms with E-state index in [-0.39, 0.29) is 35.5 Å². The monoisotopic (exact) mass is 381 g/mol. The topological polar surface area (TPSA) is 53.5 Å². The number of rotatable bonds is 3. The maximum atomic E-state index is 13.4. The SMILES string of the molecule is CCC(=O)N1C[C@H](c2ccc(F)cc2)[C@H]2CN(C(=O)c3ccncc3)CC[C@H]21. The summed E-state index contributed by atoms with van der Waals surface area (Å²) in [4.78, 5) is 33.3. The molecular weight excluding hydrogens is 357 g/mol. The van der Waals surface area contributed by atoms with Crippen LogP contribution >= 0.6 is 0 Å². The smallest absolute Gasteiger partial charge is 0.253 e. The van der Waals surface area contributed by atoms with Crippen molar-refractivity contribution in [3.8, 4) is 0 Å². The summed E-state index contributed by atoms with van der Waals surface area (Å²) in [5, 5.41) is 0. The Bertz CT molecular complexity index is 856. The van der Waals surface area contributed by atoms with Crippen molar-refractivity contribution in [2.45, 2.75) is 31.7 Å². The number of fused-ring (bicyclic) bond motifs is 1. The van der Waals surface area contributed by atoms with Gasteiger partial charge < -0.3 is 9.80 Å². The number of hydrogen-bond donors (Lipinski definition) is 0. The van der Waals surface area contributed by atoms with Crippen LogP contribution in [0.4, 0.5) is 4.39 Å². The summed E-state index contributed by atoms with van der Waals surface area (Å²) in [5.41, 5.74) is 1.66. The van der Waals surface area contributed by atoms with E-state index in [0.29, 0.717) is 31.6 Å². The van der Waals surface area contributed by atoms with E-state index in [2.05, 4.69) is 4.98 Å². The van der Waals surface area contributed by atoms with Crippen molar-refractivity contribution in [3.05, 3.63) is 65.7 Å². The van der Waals surface area contributed by atoms with E-state index in [0.717, 1.165) is 12.0 Å². The number of carbonyl (C=O) groups excluding carboxylic acids is 2. The highest BCUT2D eigenvalue weighted by molar-refractivity contribution is 5.94. The number of aromatic nitrogens is 1. The number of amides is 2. The Morgan fingerprint density at radius 1 is 1.11 bits per heavy atom. The molecule has 2 aromatic rings. The van der Waals surface area contributed by atoms with Crippen molar-refractivity contribution in [1.82, 2.24) is 14.8 Å². The lowest BCUT2D eigenvalue weighted by atomic mass is 9.81. The molecule has 2 aliphatic heterocycles. The zero-order valence-corrected chi connectivity index (χ0v) is 15.9. The average Bonchev–Trinajstić information content (AvgIpc) is 3.12. The molecule has 2 aliphatic rings. The van der Waals surface area contributed by atoms with Crippen molar-refractivity contribution in [3.63, 3.8) is 0 Å². The van der Waals surface area contributed by atoms with Crippen molar-refractivity contribution < 1.29 is 14.0 Å². The Balaban J connectivity index is 1.60. The predicted molar refractivity (Wildman–Crippen MR) is 103 cm³/mol. The van der Waals surface area contributed by atoms with E-state index < -0.39 is 0 Å². The molecular formula is C22H24FN3O2. The van der Waals surface area contributed by atoms with E-state index in [9.17, 15) is 14.0 Å². The number of hydrogen-bond acceptors (Lipinski definition) is 3. The molecule has 3 heterocycles. The second kappa shape index (κ2) is 7.70. The molecule has 3 atom stereocenters. The number of likely N-dealkylation sites (tertiary alicyclic amines) is 2. The first-order valence-corrected chi connectivity index (χ1v) is 9.82. The zero-order valence-electron chi connectivity index (χ0n) is 15.9. The van der Waals surface area contributed by atoms with E-state index in [1.807, 2.05) is 16.7 Å². The van der Waals surface area contributed by atoms with Crippen molar-refractivity contribution >= 4 is 11.8 Å². The van der Waals surface area contributed by atoms with Gasteiger partial charge in [-0.05, 0) is 36.2 Å². The van der Waals surface area contributed by atoms with Crippen LogP contribution in [0.1, 0.15) is 41.6 Å². The van der Waals surface area contributed by atoms with Crippen LogP contribution in [0, 0.1) is 11.7 Å². The van der Waals surface area contributed by atoms with Gasteiger partial charge in [-0.25, -0.2) is 4.39 Å².